The van der Waals surface area contributed by atoms with Crippen LogP contribution in [0, 0.1) is 12.8 Å². The quantitative estimate of drug-likeness (QED) is 0.385. The molecule has 176 valence electrons. The Morgan fingerprint density at radius 3 is 2.91 bits per heavy atom. The Labute approximate surface area is 193 Å². The molecule has 3 atom stereocenters. The molecule has 9 nitrogen and oxygen atoms in total. The minimum absolute atomic E-state index is 0.0324. The number of carbonyl (C=O) groups is 1. The Balaban J connectivity index is 1.23. The molecule has 3 N–H and O–H groups in total. The molecule has 0 aromatic carbocycles. The van der Waals surface area contributed by atoms with Gasteiger partial charge in [0.2, 0.25) is 11.9 Å². The van der Waals surface area contributed by atoms with Gasteiger partial charge >= 0.3 is 0 Å². The molecule has 0 aliphatic heterocycles. The molecule has 4 heterocycles. The lowest BCUT2D eigenvalue weighted by Gasteiger charge is -2.35. The molecule has 2 aliphatic rings. The van der Waals surface area contributed by atoms with Crippen molar-refractivity contribution in [2.75, 3.05) is 5.32 Å². The van der Waals surface area contributed by atoms with Crippen LogP contribution < -0.4 is 10.6 Å². The molecule has 0 bridgehead atoms. The summed E-state index contributed by atoms with van der Waals surface area (Å²) in [7, 11) is 0. The maximum atomic E-state index is 13.1. The topological polar surface area (TPSA) is 113 Å². The molecule has 0 spiro atoms. The van der Waals surface area contributed by atoms with Gasteiger partial charge in [-0.1, -0.05) is 6.92 Å². The summed E-state index contributed by atoms with van der Waals surface area (Å²) in [6.07, 6.45) is 5.13. The first-order valence-electron chi connectivity index (χ1n) is 11.4. The third-order valence-corrected chi connectivity index (χ3v) is 7.09. The first kappa shape index (κ1) is 20.9. The van der Waals surface area contributed by atoms with Gasteiger partial charge in [-0.15, -0.1) is 0 Å². The monoisotopic (exact) mass is 466 g/mol. The first-order valence-corrected chi connectivity index (χ1v) is 11.4. The summed E-state index contributed by atoms with van der Waals surface area (Å²) in [5.41, 5.74) is 3.26. The number of nitrogens with zero attached hydrogens (tertiary/aromatic N) is 5. The van der Waals surface area contributed by atoms with E-state index in [1.807, 2.05) is 19.2 Å². The number of fused-ring (bicyclic) bond motifs is 3. The Bertz CT molecular complexity index is 1430. The molecule has 6 rings (SSSR count). The number of hydrogen-bond acceptors (Lipinski definition) is 6. The average molecular weight is 466 g/mol. The normalized spacial score (nSPS) is 23.2. The Morgan fingerprint density at radius 1 is 1.29 bits per heavy atom. The lowest BCUT2D eigenvalue weighted by atomic mass is 9.86. The number of anilines is 1. The van der Waals surface area contributed by atoms with Crippen LogP contribution in [-0.2, 0) is 11.3 Å². The smallest absolute Gasteiger partial charge is 0.256 e. The van der Waals surface area contributed by atoms with E-state index < -0.39 is 13.0 Å². The fourth-order valence-corrected chi connectivity index (χ4v) is 5.20. The fraction of sp³-hybridized carbons (Fsp3) is 0.435. The van der Waals surface area contributed by atoms with Crippen LogP contribution in [0.5, 0.6) is 0 Å². The van der Waals surface area contributed by atoms with Crippen LogP contribution in [0.15, 0.2) is 24.7 Å². The summed E-state index contributed by atoms with van der Waals surface area (Å²) in [4.78, 5) is 32.7. The molecule has 2 fully saturated rings. The predicted molar refractivity (Wildman–Crippen MR) is 122 cm³/mol. The van der Waals surface area contributed by atoms with Crippen molar-refractivity contribution in [1.29, 1.82) is 0 Å². The van der Waals surface area contributed by atoms with E-state index in [0.717, 1.165) is 29.4 Å². The lowest BCUT2D eigenvalue weighted by Crippen LogP contribution is -2.52. The Hall–Kier alpha value is -3.63. The summed E-state index contributed by atoms with van der Waals surface area (Å²) < 4.78 is 27.6. The maximum Gasteiger partial charge on any atom is 0.256 e. The Kier molecular flexibility index (Phi) is 4.58. The second-order valence-corrected chi connectivity index (χ2v) is 9.21. The summed E-state index contributed by atoms with van der Waals surface area (Å²) in [6, 6.07) is 2.07. The number of nitrogens with one attached hydrogen (secondary N) is 3. The number of H-pyrrole nitrogens is 1. The number of alkyl halides is 2. The molecule has 4 aromatic rings. The van der Waals surface area contributed by atoms with E-state index in [1.165, 1.54) is 4.57 Å². The molecule has 34 heavy (non-hydrogen) atoms. The zero-order valence-corrected chi connectivity index (χ0v) is 18.8. The third-order valence-electron chi connectivity index (χ3n) is 7.09. The summed E-state index contributed by atoms with van der Waals surface area (Å²) in [5, 5.41) is 7.34. The van der Waals surface area contributed by atoms with E-state index in [0.29, 0.717) is 40.9 Å². The highest BCUT2D eigenvalue weighted by Crippen LogP contribution is 2.60. The molecule has 0 radical (unpaired) electrons. The van der Waals surface area contributed by atoms with Crippen LogP contribution >= 0.6 is 0 Å². The van der Waals surface area contributed by atoms with Gasteiger partial charge in [-0.2, -0.15) is 4.98 Å². The van der Waals surface area contributed by atoms with Crippen molar-refractivity contribution in [1.82, 2.24) is 34.8 Å². The number of hydrogen-bond donors (Lipinski definition) is 3. The van der Waals surface area contributed by atoms with Gasteiger partial charge in [0, 0.05) is 59.0 Å². The van der Waals surface area contributed by atoms with Gasteiger partial charge in [-0.3, -0.25) is 4.79 Å². The Morgan fingerprint density at radius 2 is 2.15 bits per heavy atom. The maximum absolute atomic E-state index is 13.1. The van der Waals surface area contributed by atoms with Gasteiger partial charge in [0.1, 0.15) is 11.5 Å². The highest BCUT2D eigenvalue weighted by atomic mass is 19.3. The van der Waals surface area contributed by atoms with E-state index in [-0.39, 0.29) is 17.5 Å². The summed E-state index contributed by atoms with van der Waals surface area (Å²) >= 11 is 0. The van der Waals surface area contributed by atoms with Crippen molar-refractivity contribution in [3.8, 4) is 11.1 Å². The molecule has 0 saturated heterocycles. The van der Waals surface area contributed by atoms with Gasteiger partial charge in [-0.25, -0.2) is 23.7 Å². The van der Waals surface area contributed by atoms with Crippen LogP contribution in [0.3, 0.4) is 0 Å². The van der Waals surface area contributed by atoms with Gasteiger partial charge in [0.15, 0.2) is 5.65 Å². The molecule has 4 aromatic heterocycles. The molecule has 2 saturated carbocycles. The van der Waals surface area contributed by atoms with E-state index >= 15 is 0 Å². The minimum atomic E-state index is -2.48. The number of halogens is 2. The van der Waals surface area contributed by atoms with Gasteiger partial charge in [-0.05, 0) is 25.8 Å². The molecular formula is C23H24F2N8O. The number of imidazole rings is 1. The number of amides is 1. The van der Waals surface area contributed by atoms with Crippen molar-refractivity contribution in [3.05, 3.63) is 30.5 Å². The summed E-state index contributed by atoms with van der Waals surface area (Å²) in [5.74, 6) is 1.55. The average Bonchev–Trinajstić information content (AvgIpc) is 3.08. The second kappa shape index (κ2) is 7.44. The van der Waals surface area contributed by atoms with Crippen molar-refractivity contribution in [2.45, 2.75) is 57.7 Å². The van der Waals surface area contributed by atoms with Crippen LogP contribution in [0.1, 0.15) is 32.0 Å². The van der Waals surface area contributed by atoms with E-state index in [1.54, 1.807) is 19.3 Å². The molecule has 2 aliphatic carbocycles. The lowest BCUT2D eigenvalue weighted by molar-refractivity contribution is -0.122. The SMILES string of the molecule is CCC(=O)N[C@@]12CC1[C@@H](Nc1ncc3c(-c4cnc5nc(C)n(CC(F)F)c5c4)c[nH]c3n1)C2. The fourth-order valence-electron chi connectivity index (χ4n) is 5.20. The minimum Gasteiger partial charge on any atom is -0.351 e. The molecular weight excluding hydrogens is 442 g/mol. The van der Waals surface area contributed by atoms with Crippen molar-refractivity contribution >= 4 is 34.1 Å². The number of pyridine rings is 1. The van der Waals surface area contributed by atoms with Crippen molar-refractivity contribution in [3.63, 3.8) is 0 Å². The third kappa shape index (κ3) is 3.29. The molecule has 11 heteroatoms. The van der Waals surface area contributed by atoms with Gasteiger partial charge < -0.3 is 20.2 Å². The van der Waals surface area contributed by atoms with E-state index in [4.69, 9.17) is 0 Å². The van der Waals surface area contributed by atoms with Crippen LogP contribution in [0.25, 0.3) is 33.3 Å². The number of rotatable bonds is 7. The molecule has 1 unspecified atom stereocenters. The van der Waals surface area contributed by atoms with Gasteiger partial charge in [0.25, 0.3) is 6.43 Å². The highest BCUT2D eigenvalue weighted by molar-refractivity contribution is 5.95. The van der Waals surface area contributed by atoms with Gasteiger partial charge in [0.05, 0.1) is 12.1 Å². The highest BCUT2D eigenvalue weighted by Gasteiger charge is 2.68. The molecule has 1 amide bonds. The van der Waals surface area contributed by atoms with E-state index in [9.17, 15) is 13.6 Å². The number of aromatic amines is 1. The number of carbonyl (C=O) groups excluding carboxylic acids is 1. The predicted octanol–water partition coefficient (Wildman–Crippen LogP) is 3.41. The van der Waals surface area contributed by atoms with Crippen molar-refractivity contribution in [2.24, 2.45) is 5.92 Å². The number of aryl methyl sites for hydroxylation is 1. The van der Waals surface area contributed by atoms with Crippen LogP contribution in [-0.4, -0.2) is 53.4 Å². The first-order chi connectivity index (χ1) is 16.4. The van der Waals surface area contributed by atoms with E-state index in [2.05, 4.69) is 35.6 Å². The zero-order chi connectivity index (χ0) is 23.6. The van der Waals surface area contributed by atoms with Crippen LogP contribution in [0.2, 0.25) is 0 Å². The van der Waals surface area contributed by atoms with Crippen molar-refractivity contribution < 1.29 is 13.6 Å². The summed E-state index contributed by atoms with van der Waals surface area (Å²) in [6.45, 7) is 3.13. The zero-order valence-electron chi connectivity index (χ0n) is 18.8. The largest absolute Gasteiger partial charge is 0.351 e. The standard InChI is InChI=1S/C23H24F2N8O/c1-3-19(34)32-23-5-15(23)16(6-23)30-22-28-9-14-13(8-27-20(14)31-22)12-4-17-21(26-7-12)29-11(2)33(17)10-18(24)25/h4,7-9,15-16,18H,3,5-6,10H2,1-2H3,(H,32,34)(H2,27,28,30,31)/t15?,16-,23+/m0/s1. The number of aromatic nitrogens is 6. The second-order valence-electron chi connectivity index (χ2n) is 9.21. The van der Waals surface area contributed by atoms with Crippen LogP contribution in [0.4, 0.5) is 14.7 Å².